The van der Waals surface area contributed by atoms with Gasteiger partial charge in [-0.2, -0.15) is 0 Å². The van der Waals surface area contributed by atoms with Gasteiger partial charge in [0.05, 0.1) is 0 Å². The van der Waals surface area contributed by atoms with Crippen LogP contribution in [0.15, 0.2) is 18.2 Å². The van der Waals surface area contributed by atoms with E-state index < -0.39 is 0 Å². The Kier molecular flexibility index (Phi) is 3.41. The fraction of sp³-hybridized carbons (Fsp3) is 0.375. The van der Waals surface area contributed by atoms with Crippen molar-refractivity contribution >= 4 is 22.7 Å². The van der Waals surface area contributed by atoms with Crippen LogP contribution in [0.1, 0.15) is 40.3 Å². The largest absolute Gasteiger partial charge is 0.350 e. The van der Waals surface area contributed by atoms with Crippen molar-refractivity contribution < 1.29 is 9.59 Å². The van der Waals surface area contributed by atoms with Crippen LogP contribution in [0, 0.1) is 0 Å². The maximum atomic E-state index is 12.4. The number of fused-ring (bicyclic) bond motifs is 3. The number of amides is 2. The van der Waals surface area contributed by atoms with Gasteiger partial charge in [0.1, 0.15) is 5.69 Å². The number of hydrogen-bond donors (Lipinski definition) is 2. The molecule has 0 fully saturated rings. The van der Waals surface area contributed by atoms with Crippen molar-refractivity contribution in [3.8, 4) is 0 Å². The molecule has 3 rings (SSSR count). The van der Waals surface area contributed by atoms with Crippen LogP contribution in [0.3, 0.4) is 0 Å². The summed E-state index contributed by atoms with van der Waals surface area (Å²) in [5.41, 5.74) is 3.23. The van der Waals surface area contributed by atoms with Crippen molar-refractivity contribution in [2.45, 2.75) is 20.3 Å². The van der Waals surface area contributed by atoms with Crippen LogP contribution in [0.2, 0.25) is 0 Å². The zero-order valence-electron chi connectivity index (χ0n) is 12.3. The molecule has 5 heteroatoms. The average molecular weight is 285 g/mol. The minimum absolute atomic E-state index is 0.0390. The van der Waals surface area contributed by atoms with Crippen LogP contribution in [-0.2, 0) is 6.42 Å². The van der Waals surface area contributed by atoms with Crippen LogP contribution in [0.4, 0.5) is 0 Å². The normalized spacial score (nSPS) is 13.9. The molecule has 0 radical (unpaired) electrons. The molecule has 0 saturated heterocycles. The molecule has 0 bridgehead atoms. The second kappa shape index (κ2) is 5.24. The van der Waals surface area contributed by atoms with E-state index in [0.29, 0.717) is 30.9 Å². The Balaban J connectivity index is 2.08. The number of rotatable bonds is 3. The predicted molar refractivity (Wildman–Crippen MR) is 81.6 cm³/mol. The highest BCUT2D eigenvalue weighted by molar-refractivity contribution is 6.04. The van der Waals surface area contributed by atoms with E-state index in [-0.39, 0.29) is 11.8 Å². The lowest BCUT2D eigenvalue weighted by Gasteiger charge is -2.18. The number of hydrogen-bond acceptors (Lipinski definition) is 2. The maximum Gasteiger partial charge on any atom is 0.268 e. The van der Waals surface area contributed by atoms with Crippen molar-refractivity contribution in [3.63, 3.8) is 0 Å². The zero-order valence-corrected chi connectivity index (χ0v) is 12.3. The molecule has 1 aromatic carbocycles. The number of aromatic nitrogens is 1. The molecule has 0 aliphatic carbocycles. The second-order valence-electron chi connectivity index (χ2n) is 5.22. The molecule has 2 amide bonds. The summed E-state index contributed by atoms with van der Waals surface area (Å²) in [6.45, 7) is 5.99. The Bertz CT molecular complexity index is 714. The Morgan fingerprint density at radius 1 is 1.29 bits per heavy atom. The van der Waals surface area contributed by atoms with E-state index in [2.05, 4.69) is 10.3 Å². The number of carbonyl (C=O) groups excluding carboxylic acids is 2. The van der Waals surface area contributed by atoms with Crippen LogP contribution in [0.25, 0.3) is 10.9 Å². The first-order valence-corrected chi connectivity index (χ1v) is 7.37. The van der Waals surface area contributed by atoms with E-state index in [9.17, 15) is 9.59 Å². The van der Waals surface area contributed by atoms with E-state index in [1.165, 1.54) is 0 Å². The molecule has 2 heterocycles. The smallest absolute Gasteiger partial charge is 0.268 e. The highest BCUT2D eigenvalue weighted by Gasteiger charge is 2.22. The molecule has 21 heavy (non-hydrogen) atoms. The molecule has 1 aliphatic heterocycles. The van der Waals surface area contributed by atoms with Gasteiger partial charge in [-0.1, -0.05) is 0 Å². The topological polar surface area (TPSA) is 65.2 Å². The van der Waals surface area contributed by atoms with Gasteiger partial charge in [0.15, 0.2) is 0 Å². The van der Waals surface area contributed by atoms with Crippen molar-refractivity contribution in [2.75, 3.05) is 19.6 Å². The van der Waals surface area contributed by atoms with Crippen molar-refractivity contribution in [1.29, 1.82) is 0 Å². The molecule has 0 saturated carbocycles. The van der Waals surface area contributed by atoms with Gasteiger partial charge in [0.25, 0.3) is 11.8 Å². The number of benzene rings is 1. The molecular formula is C16H19N3O2. The SMILES string of the molecule is CCN(CC)C(=O)c1ccc2[nH]c3c(c2c1)CCNC3=O. The van der Waals surface area contributed by atoms with Crippen molar-refractivity contribution in [1.82, 2.24) is 15.2 Å². The van der Waals surface area contributed by atoms with Gasteiger partial charge in [-0.15, -0.1) is 0 Å². The summed E-state index contributed by atoms with van der Waals surface area (Å²) in [7, 11) is 0. The third-order valence-electron chi connectivity index (χ3n) is 4.09. The quantitative estimate of drug-likeness (QED) is 0.905. The monoisotopic (exact) mass is 285 g/mol. The summed E-state index contributed by atoms with van der Waals surface area (Å²) in [6, 6.07) is 5.62. The standard InChI is InChI=1S/C16H19N3O2/c1-3-19(4-2)16(21)10-5-6-13-12(9-10)11-7-8-17-15(20)14(11)18-13/h5-6,9,18H,3-4,7-8H2,1-2H3,(H,17,20). The molecule has 0 atom stereocenters. The Labute approximate surface area is 123 Å². The molecular weight excluding hydrogens is 266 g/mol. The maximum absolute atomic E-state index is 12.4. The lowest BCUT2D eigenvalue weighted by atomic mass is 10.0. The first kappa shape index (κ1) is 13.7. The Hall–Kier alpha value is -2.30. The number of carbonyl (C=O) groups is 2. The highest BCUT2D eigenvalue weighted by Crippen LogP contribution is 2.26. The van der Waals surface area contributed by atoms with Gasteiger partial charge in [-0.25, -0.2) is 0 Å². The summed E-state index contributed by atoms with van der Waals surface area (Å²) >= 11 is 0. The molecule has 5 nitrogen and oxygen atoms in total. The second-order valence-corrected chi connectivity index (χ2v) is 5.22. The summed E-state index contributed by atoms with van der Waals surface area (Å²) in [6.07, 6.45) is 0.796. The molecule has 110 valence electrons. The molecule has 2 N–H and O–H groups in total. The van der Waals surface area contributed by atoms with E-state index in [4.69, 9.17) is 0 Å². The van der Waals surface area contributed by atoms with E-state index in [1.807, 2.05) is 32.0 Å². The minimum atomic E-state index is -0.0657. The summed E-state index contributed by atoms with van der Waals surface area (Å²) in [4.78, 5) is 29.2. The molecule has 0 unspecified atom stereocenters. The number of nitrogens with zero attached hydrogens (tertiary/aromatic N) is 1. The van der Waals surface area contributed by atoms with E-state index in [1.54, 1.807) is 4.90 Å². The van der Waals surface area contributed by atoms with E-state index >= 15 is 0 Å². The van der Waals surface area contributed by atoms with Gasteiger partial charge in [0, 0.05) is 36.1 Å². The van der Waals surface area contributed by atoms with Gasteiger partial charge in [0.2, 0.25) is 0 Å². The first-order chi connectivity index (χ1) is 10.2. The lowest BCUT2D eigenvalue weighted by molar-refractivity contribution is 0.0773. The zero-order chi connectivity index (χ0) is 15.0. The molecule has 0 spiro atoms. The Morgan fingerprint density at radius 3 is 2.76 bits per heavy atom. The fourth-order valence-corrected chi connectivity index (χ4v) is 2.92. The number of H-pyrrole nitrogens is 1. The van der Waals surface area contributed by atoms with Gasteiger partial charge in [-0.05, 0) is 44.0 Å². The first-order valence-electron chi connectivity index (χ1n) is 7.37. The third kappa shape index (κ3) is 2.18. The molecule has 1 aliphatic rings. The third-order valence-corrected chi connectivity index (χ3v) is 4.09. The molecule has 2 aromatic rings. The predicted octanol–water partition coefficient (Wildman–Crippen LogP) is 1.94. The fourth-order valence-electron chi connectivity index (χ4n) is 2.92. The lowest BCUT2D eigenvalue weighted by Crippen LogP contribution is -2.31. The van der Waals surface area contributed by atoms with Gasteiger partial charge >= 0.3 is 0 Å². The van der Waals surface area contributed by atoms with Gasteiger partial charge < -0.3 is 15.2 Å². The van der Waals surface area contributed by atoms with Crippen LogP contribution >= 0.6 is 0 Å². The van der Waals surface area contributed by atoms with Gasteiger partial charge in [-0.3, -0.25) is 9.59 Å². The van der Waals surface area contributed by atoms with E-state index in [0.717, 1.165) is 22.9 Å². The summed E-state index contributed by atoms with van der Waals surface area (Å²) in [5.74, 6) is -0.0267. The van der Waals surface area contributed by atoms with Crippen molar-refractivity contribution in [3.05, 3.63) is 35.0 Å². The van der Waals surface area contributed by atoms with Crippen molar-refractivity contribution in [2.24, 2.45) is 0 Å². The average Bonchev–Trinajstić information content (AvgIpc) is 2.88. The Morgan fingerprint density at radius 2 is 2.05 bits per heavy atom. The van der Waals surface area contributed by atoms with Crippen LogP contribution < -0.4 is 5.32 Å². The summed E-state index contributed by atoms with van der Waals surface area (Å²) in [5, 5.41) is 3.81. The summed E-state index contributed by atoms with van der Waals surface area (Å²) < 4.78 is 0. The van der Waals surface area contributed by atoms with Crippen LogP contribution in [0.5, 0.6) is 0 Å². The minimum Gasteiger partial charge on any atom is -0.350 e. The van der Waals surface area contributed by atoms with Crippen LogP contribution in [-0.4, -0.2) is 41.3 Å². The highest BCUT2D eigenvalue weighted by atomic mass is 16.2. The number of aromatic amines is 1. The number of nitrogens with one attached hydrogen (secondary N) is 2. The molecule has 1 aromatic heterocycles.